The van der Waals surface area contributed by atoms with Gasteiger partial charge in [0.15, 0.2) is 0 Å². The third kappa shape index (κ3) is 5.32. The number of morpholine rings is 1. The number of carbonyl (C=O) groups excluding carboxylic acids is 1. The molecule has 0 spiro atoms. The molecule has 1 aliphatic rings. The van der Waals surface area contributed by atoms with Crippen LogP contribution < -0.4 is 4.74 Å². The standard InChI is InChI=1S/C19H20BrNO6S/c20-16-3-5-17(6-4-16)26-13-14-27-19(22)15-1-7-18(8-2-15)28(23,24)21-9-11-25-12-10-21/h1-8H,9-14H2. The van der Waals surface area contributed by atoms with Gasteiger partial charge in [-0.25, -0.2) is 13.2 Å². The fourth-order valence-electron chi connectivity index (χ4n) is 2.61. The summed E-state index contributed by atoms with van der Waals surface area (Å²) in [5.41, 5.74) is 0.282. The molecule has 3 rings (SSSR count). The topological polar surface area (TPSA) is 82.1 Å². The Bertz CT molecular complexity index is 893. The lowest BCUT2D eigenvalue weighted by atomic mass is 10.2. The Morgan fingerprint density at radius 3 is 2.29 bits per heavy atom. The van der Waals surface area contributed by atoms with Crippen LogP contribution in [0.2, 0.25) is 0 Å². The van der Waals surface area contributed by atoms with Gasteiger partial charge in [0, 0.05) is 17.6 Å². The second kappa shape index (κ2) is 9.51. The third-order valence-corrected chi connectivity index (χ3v) is 6.54. The zero-order valence-electron chi connectivity index (χ0n) is 15.0. The number of hydrogen-bond acceptors (Lipinski definition) is 6. The van der Waals surface area contributed by atoms with Crippen molar-refractivity contribution in [2.75, 3.05) is 39.5 Å². The lowest BCUT2D eigenvalue weighted by Crippen LogP contribution is -2.40. The molecule has 1 saturated heterocycles. The molecule has 7 nitrogen and oxygen atoms in total. The Morgan fingerprint density at radius 1 is 1.00 bits per heavy atom. The Labute approximate surface area is 172 Å². The maximum absolute atomic E-state index is 12.6. The molecule has 0 atom stereocenters. The second-order valence-electron chi connectivity index (χ2n) is 5.98. The van der Waals surface area contributed by atoms with Crippen molar-refractivity contribution in [2.24, 2.45) is 0 Å². The van der Waals surface area contributed by atoms with Crippen LogP contribution >= 0.6 is 15.9 Å². The summed E-state index contributed by atoms with van der Waals surface area (Å²) in [6.07, 6.45) is 0. The van der Waals surface area contributed by atoms with Gasteiger partial charge in [-0.05, 0) is 48.5 Å². The fourth-order valence-corrected chi connectivity index (χ4v) is 4.28. The summed E-state index contributed by atoms with van der Waals surface area (Å²) in [5, 5.41) is 0. The molecule has 2 aromatic carbocycles. The molecular weight excluding hydrogens is 450 g/mol. The normalized spacial score (nSPS) is 15.2. The quantitative estimate of drug-likeness (QED) is 0.457. The van der Waals surface area contributed by atoms with Gasteiger partial charge in [0.2, 0.25) is 10.0 Å². The lowest BCUT2D eigenvalue weighted by Gasteiger charge is -2.26. The number of carbonyl (C=O) groups is 1. The van der Waals surface area contributed by atoms with Gasteiger partial charge in [0.05, 0.1) is 23.7 Å². The largest absolute Gasteiger partial charge is 0.490 e. The molecule has 0 N–H and O–H groups in total. The van der Waals surface area contributed by atoms with Crippen molar-refractivity contribution in [1.82, 2.24) is 4.31 Å². The van der Waals surface area contributed by atoms with Crippen molar-refractivity contribution in [2.45, 2.75) is 4.90 Å². The van der Waals surface area contributed by atoms with Gasteiger partial charge in [0.1, 0.15) is 19.0 Å². The zero-order valence-corrected chi connectivity index (χ0v) is 17.4. The van der Waals surface area contributed by atoms with Crippen molar-refractivity contribution in [1.29, 1.82) is 0 Å². The molecule has 1 aliphatic heterocycles. The molecule has 0 saturated carbocycles. The minimum atomic E-state index is -3.58. The molecule has 0 radical (unpaired) electrons. The van der Waals surface area contributed by atoms with Crippen molar-refractivity contribution in [3.63, 3.8) is 0 Å². The first-order valence-electron chi connectivity index (χ1n) is 8.70. The lowest BCUT2D eigenvalue weighted by molar-refractivity contribution is 0.0450. The van der Waals surface area contributed by atoms with Crippen LogP contribution in [-0.4, -0.2) is 58.2 Å². The fraction of sp³-hybridized carbons (Fsp3) is 0.316. The van der Waals surface area contributed by atoms with E-state index in [0.29, 0.717) is 32.1 Å². The first-order valence-corrected chi connectivity index (χ1v) is 10.9. The van der Waals surface area contributed by atoms with Gasteiger partial charge >= 0.3 is 5.97 Å². The molecule has 0 bridgehead atoms. The van der Waals surface area contributed by atoms with Crippen LogP contribution in [0.3, 0.4) is 0 Å². The summed E-state index contributed by atoms with van der Waals surface area (Å²) in [6.45, 7) is 1.71. The first-order chi connectivity index (χ1) is 13.5. The number of ether oxygens (including phenoxy) is 3. The van der Waals surface area contributed by atoms with Crippen molar-refractivity contribution >= 4 is 31.9 Å². The van der Waals surface area contributed by atoms with E-state index >= 15 is 0 Å². The van der Waals surface area contributed by atoms with Crippen molar-refractivity contribution in [3.05, 3.63) is 58.6 Å². The van der Waals surface area contributed by atoms with E-state index in [1.54, 1.807) is 12.1 Å². The Balaban J connectivity index is 1.51. The molecule has 0 unspecified atom stereocenters. The van der Waals surface area contributed by atoms with Crippen LogP contribution in [-0.2, 0) is 19.5 Å². The number of sulfonamides is 1. The minimum absolute atomic E-state index is 0.0860. The monoisotopic (exact) mass is 469 g/mol. The summed E-state index contributed by atoms with van der Waals surface area (Å²) in [5.74, 6) is 0.145. The Morgan fingerprint density at radius 2 is 1.64 bits per heavy atom. The Kier molecular flexibility index (Phi) is 7.06. The molecular formula is C19H20BrNO6S. The number of rotatable bonds is 7. The average molecular weight is 470 g/mol. The summed E-state index contributed by atoms with van der Waals surface area (Å²) in [4.78, 5) is 12.2. The van der Waals surface area contributed by atoms with E-state index in [9.17, 15) is 13.2 Å². The highest BCUT2D eigenvalue weighted by Gasteiger charge is 2.26. The van der Waals surface area contributed by atoms with Crippen LogP contribution in [0.15, 0.2) is 57.9 Å². The van der Waals surface area contributed by atoms with E-state index in [4.69, 9.17) is 14.2 Å². The molecule has 150 valence electrons. The molecule has 0 amide bonds. The van der Waals surface area contributed by atoms with Gasteiger partial charge in [-0.2, -0.15) is 4.31 Å². The maximum Gasteiger partial charge on any atom is 0.338 e. The molecule has 1 heterocycles. The van der Waals surface area contributed by atoms with Crippen molar-refractivity contribution in [3.8, 4) is 5.75 Å². The predicted molar refractivity (Wildman–Crippen MR) is 106 cm³/mol. The average Bonchev–Trinajstić information content (AvgIpc) is 2.73. The number of nitrogens with zero attached hydrogens (tertiary/aromatic N) is 1. The summed E-state index contributed by atoms with van der Waals surface area (Å²) in [7, 11) is -3.58. The van der Waals surface area contributed by atoms with Gasteiger partial charge < -0.3 is 14.2 Å². The van der Waals surface area contributed by atoms with Crippen LogP contribution in [0.4, 0.5) is 0 Å². The predicted octanol–water partition coefficient (Wildman–Crippen LogP) is 2.71. The van der Waals surface area contributed by atoms with E-state index < -0.39 is 16.0 Å². The number of esters is 1. The van der Waals surface area contributed by atoms with E-state index in [2.05, 4.69) is 15.9 Å². The zero-order chi connectivity index (χ0) is 20.0. The second-order valence-corrected chi connectivity index (χ2v) is 8.83. The van der Waals surface area contributed by atoms with Crippen LogP contribution in [0.1, 0.15) is 10.4 Å². The van der Waals surface area contributed by atoms with Crippen molar-refractivity contribution < 1.29 is 27.4 Å². The SMILES string of the molecule is O=C(OCCOc1ccc(Br)cc1)c1ccc(S(=O)(=O)N2CCOCC2)cc1. The number of hydrogen-bond donors (Lipinski definition) is 0. The van der Waals surface area contributed by atoms with Crippen LogP contribution in [0.5, 0.6) is 5.75 Å². The Hall–Kier alpha value is -1.94. The summed E-state index contributed by atoms with van der Waals surface area (Å²) >= 11 is 3.34. The van der Waals surface area contributed by atoms with E-state index in [0.717, 1.165) is 4.47 Å². The van der Waals surface area contributed by atoms with Gasteiger partial charge in [-0.3, -0.25) is 0 Å². The maximum atomic E-state index is 12.6. The first kappa shape index (κ1) is 20.8. The highest BCUT2D eigenvalue weighted by atomic mass is 79.9. The number of benzene rings is 2. The van der Waals surface area contributed by atoms with Crippen LogP contribution in [0.25, 0.3) is 0 Å². The van der Waals surface area contributed by atoms with E-state index in [1.807, 2.05) is 12.1 Å². The molecule has 0 aliphatic carbocycles. The molecule has 9 heteroatoms. The summed E-state index contributed by atoms with van der Waals surface area (Å²) in [6, 6.07) is 13.1. The summed E-state index contributed by atoms with van der Waals surface area (Å²) < 4.78 is 43.3. The number of halogens is 1. The van der Waals surface area contributed by atoms with Crippen LogP contribution in [0, 0.1) is 0 Å². The van der Waals surface area contributed by atoms with E-state index in [1.165, 1.54) is 28.6 Å². The minimum Gasteiger partial charge on any atom is -0.490 e. The molecule has 28 heavy (non-hydrogen) atoms. The van der Waals surface area contributed by atoms with Gasteiger partial charge in [0.25, 0.3) is 0 Å². The highest BCUT2D eigenvalue weighted by Crippen LogP contribution is 2.18. The van der Waals surface area contributed by atoms with Gasteiger partial charge in [-0.15, -0.1) is 0 Å². The van der Waals surface area contributed by atoms with Gasteiger partial charge in [-0.1, -0.05) is 15.9 Å². The molecule has 2 aromatic rings. The highest BCUT2D eigenvalue weighted by molar-refractivity contribution is 9.10. The van der Waals surface area contributed by atoms with E-state index in [-0.39, 0.29) is 23.7 Å². The molecule has 1 fully saturated rings. The molecule has 0 aromatic heterocycles. The third-order valence-electron chi connectivity index (χ3n) is 4.10. The smallest absolute Gasteiger partial charge is 0.338 e.